The molecule has 0 saturated heterocycles. The number of hydrogen-bond acceptors (Lipinski definition) is 3. The van der Waals surface area contributed by atoms with E-state index in [1.807, 2.05) is 0 Å². The lowest BCUT2D eigenvalue weighted by atomic mass is 10.2. The first-order valence-electron chi connectivity index (χ1n) is 6.59. The molecule has 0 bridgehead atoms. The fourth-order valence-corrected chi connectivity index (χ4v) is 2.95. The SMILES string of the molecule is CC(C)NC(=O)CCNS(=O)(=O)c1ccc(Cl)c(C(F)(F)F)c1. The van der Waals surface area contributed by atoms with Gasteiger partial charge in [0, 0.05) is 19.0 Å². The first-order valence-corrected chi connectivity index (χ1v) is 8.45. The molecule has 2 N–H and O–H groups in total. The molecule has 0 radical (unpaired) electrons. The number of carbonyl (C=O) groups excluding carboxylic acids is 1. The summed E-state index contributed by atoms with van der Waals surface area (Å²) in [4.78, 5) is 10.8. The fourth-order valence-electron chi connectivity index (χ4n) is 1.67. The van der Waals surface area contributed by atoms with Crippen LogP contribution in [0.5, 0.6) is 0 Å². The number of halogens is 4. The largest absolute Gasteiger partial charge is 0.417 e. The third-order valence-electron chi connectivity index (χ3n) is 2.65. The van der Waals surface area contributed by atoms with E-state index < -0.39 is 31.7 Å². The standard InChI is InChI=1S/C13H16ClF3N2O3S/c1-8(2)19-12(20)5-6-18-23(21,22)9-3-4-11(14)10(7-9)13(15,16)17/h3-4,7-8,18H,5-6H2,1-2H3,(H,19,20). The molecule has 0 atom stereocenters. The summed E-state index contributed by atoms with van der Waals surface area (Å²) in [5.41, 5.74) is -1.24. The quantitative estimate of drug-likeness (QED) is 0.805. The summed E-state index contributed by atoms with van der Waals surface area (Å²) in [6.07, 6.45) is -4.89. The molecule has 0 fully saturated rings. The summed E-state index contributed by atoms with van der Waals surface area (Å²) in [5, 5.41) is 1.98. The van der Waals surface area contributed by atoms with Gasteiger partial charge in [0.15, 0.2) is 0 Å². The highest BCUT2D eigenvalue weighted by Crippen LogP contribution is 2.35. The van der Waals surface area contributed by atoms with Gasteiger partial charge in [0.2, 0.25) is 15.9 Å². The molecule has 0 spiro atoms. The lowest BCUT2D eigenvalue weighted by molar-refractivity contribution is -0.137. The van der Waals surface area contributed by atoms with E-state index in [-0.39, 0.29) is 24.9 Å². The van der Waals surface area contributed by atoms with Crippen LogP contribution in [0.3, 0.4) is 0 Å². The summed E-state index contributed by atoms with van der Waals surface area (Å²) < 4.78 is 64.3. The molecular formula is C13H16ClF3N2O3S. The Morgan fingerprint density at radius 2 is 1.91 bits per heavy atom. The van der Waals surface area contributed by atoms with Gasteiger partial charge >= 0.3 is 6.18 Å². The molecular weight excluding hydrogens is 357 g/mol. The first-order chi connectivity index (χ1) is 10.4. The van der Waals surface area contributed by atoms with E-state index in [0.29, 0.717) is 6.07 Å². The zero-order valence-electron chi connectivity index (χ0n) is 12.4. The molecule has 5 nitrogen and oxygen atoms in total. The van der Waals surface area contributed by atoms with Gasteiger partial charge in [0.25, 0.3) is 0 Å². The minimum atomic E-state index is -4.76. The Morgan fingerprint density at radius 1 is 1.30 bits per heavy atom. The second-order valence-corrected chi connectivity index (χ2v) is 7.18. The van der Waals surface area contributed by atoms with Crippen molar-refractivity contribution < 1.29 is 26.4 Å². The molecule has 0 aliphatic rings. The van der Waals surface area contributed by atoms with Gasteiger partial charge in [-0.3, -0.25) is 4.79 Å². The maximum Gasteiger partial charge on any atom is 0.417 e. The smallest absolute Gasteiger partial charge is 0.354 e. The third kappa shape index (κ3) is 6.00. The van der Waals surface area contributed by atoms with Crippen molar-refractivity contribution in [3.63, 3.8) is 0 Å². The Hall–Kier alpha value is -1.32. The zero-order chi connectivity index (χ0) is 17.8. The van der Waals surface area contributed by atoms with Crippen LogP contribution in [0.1, 0.15) is 25.8 Å². The molecule has 0 saturated carbocycles. The van der Waals surface area contributed by atoms with Gasteiger partial charge in [0.1, 0.15) is 0 Å². The van der Waals surface area contributed by atoms with Gasteiger partial charge in [-0.05, 0) is 32.0 Å². The van der Waals surface area contributed by atoms with Gasteiger partial charge < -0.3 is 5.32 Å². The maximum atomic E-state index is 12.7. The Morgan fingerprint density at radius 3 is 2.43 bits per heavy atom. The van der Waals surface area contributed by atoms with Crippen LogP contribution in [-0.4, -0.2) is 26.9 Å². The van der Waals surface area contributed by atoms with Crippen LogP contribution in [-0.2, 0) is 21.0 Å². The highest BCUT2D eigenvalue weighted by molar-refractivity contribution is 7.89. The average Bonchev–Trinajstić information content (AvgIpc) is 2.36. The topological polar surface area (TPSA) is 75.3 Å². The van der Waals surface area contributed by atoms with Crippen molar-refractivity contribution in [2.24, 2.45) is 0 Å². The van der Waals surface area contributed by atoms with Gasteiger partial charge in [0.05, 0.1) is 15.5 Å². The molecule has 1 amide bonds. The van der Waals surface area contributed by atoms with Crippen LogP contribution in [0.4, 0.5) is 13.2 Å². The number of hydrogen-bond donors (Lipinski definition) is 2. The Labute approximate surface area is 137 Å². The van der Waals surface area contributed by atoms with Crippen LogP contribution in [0.2, 0.25) is 5.02 Å². The highest BCUT2D eigenvalue weighted by Gasteiger charge is 2.34. The lowest BCUT2D eigenvalue weighted by Crippen LogP contribution is -2.34. The average molecular weight is 373 g/mol. The number of alkyl halides is 3. The summed E-state index contributed by atoms with van der Waals surface area (Å²) in [7, 11) is -4.17. The zero-order valence-corrected chi connectivity index (χ0v) is 13.9. The molecule has 10 heteroatoms. The van der Waals surface area contributed by atoms with Crippen molar-refractivity contribution in [3.8, 4) is 0 Å². The summed E-state index contributed by atoms with van der Waals surface area (Å²) in [5.74, 6) is -0.366. The van der Waals surface area contributed by atoms with Crippen LogP contribution >= 0.6 is 11.6 Å². The van der Waals surface area contributed by atoms with Crippen molar-refractivity contribution in [3.05, 3.63) is 28.8 Å². The molecule has 0 aromatic heterocycles. The van der Waals surface area contributed by atoms with Crippen molar-refractivity contribution in [2.45, 2.75) is 37.4 Å². The highest BCUT2D eigenvalue weighted by atomic mass is 35.5. The predicted octanol–water partition coefficient (Wildman–Crippen LogP) is 2.55. The molecule has 0 unspecified atom stereocenters. The molecule has 23 heavy (non-hydrogen) atoms. The van der Waals surface area contributed by atoms with Crippen molar-refractivity contribution >= 4 is 27.5 Å². The molecule has 130 valence electrons. The van der Waals surface area contributed by atoms with Crippen LogP contribution in [0.15, 0.2) is 23.1 Å². The number of benzene rings is 1. The lowest BCUT2D eigenvalue weighted by Gasteiger charge is -2.12. The maximum absolute atomic E-state index is 12.7. The minimum Gasteiger partial charge on any atom is -0.354 e. The van der Waals surface area contributed by atoms with Gasteiger partial charge in [-0.25, -0.2) is 13.1 Å². The normalized spacial score (nSPS) is 12.5. The number of sulfonamides is 1. The number of carbonyl (C=O) groups is 1. The summed E-state index contributed by atoms with van der Waals surface area (Å²) in [6.45, 7) is 3.26. The second-order valence-electron chi connectivity index (χ2n) is 5.01. The van der Waals surface area contributed by atoms with E-state index >= 15 is 0 Å². The summed E-state index contributed by atoms with van der Waals surface area (Å²) in [6, 6.07) is 2.20. The summed E-state index contributed by atoms with van der Waals surface area (Å²) >= 11 is 5.44. The van der Waals surface area contributed by atoms with Gasteiger partial charge in [-0.1, -0.05) is 11.6 Å². The van der Waals surface area contributed by atoms with E-state index in [4.69, 9.17) is 11.6 Å². The number of nitrogens with one attached hydrogen (secondary N) is 2. The van der Waals surface area contributed by atoms with Crippen molar-refractivity contribution in [1.29, 1.82) is 0 Å². The van der Waals surface area contributed by atoms with E-state index in [0.717, 1.165) is 12.1 Å². The molecule has 1 aromatic carbocycles. The van der Waals surface area contributed by atoms with Crippen LogP contribution in [0.25, 0.3) is 0 Å². The molecule has 0 aliphatic heterocycles. The Bertz CT molecular complexity index is 676. The predicted molar refractivity (Wildman–Crippen MR) is 79.5 cm³/mol. The number of amides is 1. The van der Waals surface area contributed by atoms with E-state index in [1.54, 1.807) is 13.8 Å². The van der Waals surface area contributed by atoms with Crippen molar-refractivity contribution in [2.75, 3.05) is 6.54 Å². The Balaban J connectivity index is 2.83. The minimum absolute atomic E-state index is 0.0929. The van der Waals surface area contributed by atoms with E-state index in [2.05, 4.69) is 10.0 Å². The monoisotopic (exact) mass is 372 g/mol. The number of rotatable bonds is 6. The van der Waals surface area contributed by atoms with Gasteiger partial charge in [-0.2, -0.15) is 13.2 Å². The van der Waals surface area contributed by atoms with E-state index in [9.17, 15) is 26.4 Å². The molecule has 1 rings (SSSR count). The second kappa shape index (κ2) is 7.50. The van der Waals surface area contributed by atoms with E-state index in [1.165, 1.54) is 0 Å². The Kier molecular flexibility index (Phi) is 6.43. The first kappa shape index (κ1) is 19.7. The van der Waals surface area contributed by atoms with Gasteiger partial charge in [-0.15, -0.1) is 0 Å². The molecule has 1 aromatic rings. The van der Waals surface area contributed by atoms with Crippen molar-refractivity contribution in [1.82, 2.24) is 10.0 Å². The van der Waals surface area contributed by atoms with Crippen LogP contribution < -0.4 is 10.0 Å². The molecule has 0 aliphatic carbocycles. The third-order valence-corrected chi connectivity index (χ3v) is 4.44. The van der Waals surface area contributed by atoms with Crippen LogP contribution in [0, 0.1) is 0 Å². The molecule has 0 heterocycles. The fraction of sp³-hybridized carbons (Fsp3) is 0.462.